The molecule has 1 aromatic rings. The van der Waals surface area contributed by atoms with Gasteiger partial charge in [-0.2, -0.15) is 8.78 Å². The van der Waals surface area contributed by atoms with Gasteiger partial charge < -0.3 is 9.84 Å². The van der Waals surface area contributed by atoms with E-state index >= 15 is 0 Å². The van der Waals surface area contributed by atoms with Crippen molar-refractivity contribution in [3.05, 3.63) is 28.3 Å². The molecule has 15 heavy (non-hydrogen) atoms. The van der Waals surface area contributed by atoms with Crippen molar-refractivity contribution in [2.24, 2.45) is 0 Å². The van der Waals surface area contributed by atoms with Crippen molar-refractivity contribution in [1.82, 2.24) is 0 Å². The number of carboxylic acids is 1. The molecule has 6 heteroatoms. The van der Waals surface area contributed by atoms with Crippen LogP contribution in [0.5, 0.6) is 5.75 Å². The Bertz CT molecular complexity index is 393. The lowest BCUT2D eigenvalue weighted by molar-refractivity contribution is -0.0503. The first-order valence-corrected chi connectivity index (χ1v) is 4.28. The normalized spacial score (nSPS) is 10.5. The third-order valence-corrected chi connectivity index (χ3v) is 1.91. The average Bonchev–Trinajstić information content (AvgIpc) is 1.99. The number of alkyl halides is 2. The Kier molecular flexibility index (Phi) is 3.47. The molecule has 0 bridgehead atoms. The molecule has 1 rings (SSSR count). The lowest BCUT2D eigenvalue weighted by Crippen LogP contribution is -2.09. The molecule has 0 spiro atoms. The molecule has 0 atom stereocenters. The van der Waals surface area contributed by atoms with Gasteiger partial charge in [0.15, 0.2) is 0 Å². The highest BCUT2D eigenvalue weighted by Crippen LogP contribution is 2.28. The molecule has 0 fully saturated rings. The molecule has 0 aliphatic heterocycles. The first kappa shape index (κ1) is 11.7. The molecule has 0 aliphatic rings. The molecule has 3 nitrogen and oxygen atoms in total. The molecule has 82 valence electrons. The summed E-state index contributed by atoms with van der Waals surface area (Å²) in [7, 11) is 0. The third kappa shape index (κ3) is 2.79. The monoisotopic (exact) mass is 236 g/mol. The Morgan fingerprint density at radius 3 is 2.60 bits per heavy atom. The van der Waals surface area contributed by atoms with Crippen molar-refractivity contribution >= 4 is 17.6 Å². The number of hydrogen-bond acceptors (Lipinski definition) is 2. The van der Waals surface area contributed by atoms with Crippen molar-refractivity contribution in [3.63, 3.8) is 0 Å². The predicted molar refractivity (Wildman–Crippen MR) is 49.8 cm³/mol. The van der Waals surface area contributed by atoms with Gasteiger partial charge in [0.2, 0.25) is 0 Å². The maximum Gasteiger partial charge on any atom is 0.387 e. The molecule has 0 aliphatic carbocycles. The van der Waals surface area contributed by atoms with Gasteiger partial charge in [0.1, 0.15) is 11.3 Å². The molecule has 1 aromatic carbocycles. The number of aryl methyl sites for hydroxylation is 1. The fourth-order valence-electron chi connectivity index (χ4n) is 1.18. The van der Waals surface area contributed by atoms with Crippen LogP contribution >= 0.6 is 11.6 Å². The van der Waals surface area contributed by atoms with E-state index in [1.807, 2.05) is 0 Å². The van der Waals surface area contributed by atoms with Gasteiger partial charge in [0, 0.05) is 5.02 Å². The highest BCUT2D eigenvalue weighted by molar-refractivity contribution is 6.31. The Labute approximate surface area is 89.2 Å². The Hall–Kier alpha value is -1.36. The molecule has 0 saturated carbocycles. The van der Waals surface area contributed by atoms with E-state index in [1.54, 1.807) is 0 Å². The second-order valence-corrected chi connectivity index (χ2v) is 3.22. The quantitative estimate of drug-likeness (QED) is 0.878. The van der Waals surface area contributed by atoms with Gasteiger partial charge in [-0.15, -0.1) is 0 Å². The van der Waals surface area contributed by atoms with Gasteiger partial charge in [-0.05, 0) is 24.6 Å². The van der Waals surface area contributed by atoms with Crippen LogP contribution in [0, 0.1) is 6.92 Å². The summed E-state index contributed by atoms with van der Waals surface area (Å²) < 4.78 is 28.0. The van der Waals surface area contributed by atoms with Crippen molar-refractivity contribution < 1.29 is 23.4 Å². The second kappa shape index (κ2) is 4.44. The van der Waals surface area contributed by atoms with Gasteiger partial charge >= 0.3 is 12.6 Å². The summed E-state index contributed by atoms with van der Waals surface area (Å²) in [5.74, 6) is -1.76. The van der Waals surface area contributed by atoms with E-state index in [9.17, 15) is 13.6 Å². The number of carbonyl (C=O) groups is 1. The van der Waals surface area contributed by atoms with E-state index in [1.165, 1.54) is 13.0 Å². The van der Waals surface area contributed by atoms with E-state index in [-0.39, 0.29) is 16.1 Å². The van der Waals surface area contributed by atoms with E-state index in [0.717, 1.165) is 6.07 Å². The molecule has 0 saturated heterocycles. The van der Waals surface area contributed by atoms with E-state index in [4.69, 9.17) is 16.7 Å². The fourth-order valence-corrected chi connectivity index (χ4v) is 1.44. The van der Waals surface area contributed by atoms with Crippen LogP contribution in [0.4, 0.5) is 8.78 Å². The van der Waals surface area contributed by atoms with Gasteiger partial charge in [0.25, 0.3) is 0 Å². The van der Waals surface area contributed by atoms with Crippen LogP contribution in [-0.2, 0) is 0 Å². The maximum absolute atomic E-state index is 12.0. The number of aromatic carboxylic acids is 1. The Balaban J connectivity index is 3.27. The summed E-state index contributed by atoms with van der Waals surface area (Å²) in [5, 5.41) is 8.93. The van der Waals surface area contributed by atoms with Crippen LogP contribution in [0.2, 0.25) is 5.02 Å². The SMILES string of the molecule is Cc1cc(Cl)cc(OC(F)F)c1C(=O)O. The van der Waals surface area contributed by atoms with Crippen molar-refractivity contribution in [2.45, 2.75) is 13.5 Å². The summed E-state index contributed by atoms with van der Waals surface area (Å²) in [6.07, 6.45) is 0. The highest BCUT2D eigenvalue weighted by atomic mass is 35.5. The van der Waals surface area contributed by atoms with E-state index in [0.29, 0.717) is 0 Å². The van der Waals surface area contributed by atoms with E-state index < -0.39 is 18.3 Å². The zero-order valence-electron chi connectivity index (χ0n) is 7.63. The smallest absolute Gasteiger partial charge is 0.387 e. The van der Waals surface area contributed by atoms with Crippen LogP contribution < -0.4 is 4.74 Å². The van der Waals surface area contributed by atoms with Crippen LogP contribution in [0.25, 0.3) is 0 Å². The zero-order valence-corrected chi connectivity index (χ0v) is 8.39. The lowest BCUT2D eigenvalue weighted by Gasteiger charge is -2.10. The minimum Gasteiger partial charge on any atom is -0.478 e. The lowest BCUT2D eigenvalue weighted by atomic mass is 10.1. The van der Waals surface area contributed by atoms with Gasteiger partial charge in [-0.25, -0.2) is 4.79 Å². The number of carboxylic acid groups (broad SMARTS) is 1. The standard InChI is InChI=1S/C9H7ClF2O3/c1-4-2-5(10)3-6(15-9(11)12)7(4)8(13)14/h2-3,9H,1H3,(H,13,14). The van der Waals surface area contributed by atoms with Gasteiger partial charge in [-0.3, -0.25) is 0 Å². The van der Waals surface area contributed by atoms with Crippen LogP contribution in [-0.4, -0.2) is 17.7 Å². The topological polar surface area (TPSA) is 46.5 Å². The minimum absolute atomic E-state index is 0.146. The first-order valence-electron chi connectivity index (χ1n) is 3.90. The van der Waals surface area contributed by atoms with Crippen molar-refractivity contribution in [1.29, 1.82) is 0 Å². The molecular formula is C9H7ClF2O3. The largest absolute Gasteiger partial charge is 0.478 e. The molecule has 0 amide bonds. The van der Waals surface area contributed by atoms with E-state index in [2.05, 4.69) is 4.74 Å². The highest BCUT2D eigenvalue weighted by Gasteiger charge is 2.18. The number of hydrogen-bond donors (Lipinski definition) is 1. The Morgan fingerprint density at radius 1 is 1.53 bits per heavy atom. The first-order chi connectivity index (χ1) is 6.91. The summed E-state index contributed by atoms with van der Waals surface area (Å²) in [5.41, 5.74) is -0.0367. The average molecular weight is 237 g/mol. The second-order valence-electron chi connectivity index (χ2n) is 2.78. The third-order valence-electron chi connectivity index (χ3n) is 1.69. The molecule has 0 heterocycles. The summed E-state index contributed by atoms with van der Waals surface area (Å²) >= 11 is 5.59. The van der Waals surface area contributed by atoms with Crippen LogP contribution in [0.15, 0.2) is 12.1 Å². The van der Waals surface area contributed by atoms with Crippen molar-refractivity contribution in [3.8, 4) is 5.75 Å². The number of ether oxygens (including phenoxy) is 1. The maximum atomic E-state index is 12.0. The number of benzene rings is 1. The number of halogens is 3. The summed E-state index contributed by atoms with van der Waals surface area (Å²) in [4.78, 5) is 10.8. The molecular weight excluding hydrogens is 230 g/mol. The van der Waals surface area contributed by atoms with Crippen LogP contribution in [0.3, 0.4) is 0 Å². The van der Waals surface area contributed by atoms with Crippen LogP contribution in [0.1, 0.15) is 15.9 Å². The fraction of sp³-hybridized carbons (Fsp3) is 0.222. The van der Waals surface area contributed by atoms with Gasteiger partial charge in [0.05, 0.1) is 0 Å². The zero-order chi connectivity index (χ0) is 11.6. The molecule has 0 unspecified atom stereocenters. The summed E-state index contributed by atoms with van der Waals surface area (Å²) in [6.45, 7) is -1.63. The van der Waals surface area contributed by atoms with Gasteiger partial charge in [-0.1, -0.05) is 11.6 Å². The number of rotatable bonds is 3. The summed E-state index contributed by atoms with van der Waals surface area (Å²) in [6, 6.07) is 2.41. The predicted octanol–water partition coefficient (Wildman–Crippen LogP) is 2.95. The molecule has 0 radical (unpaired) electrons. The Morgan fingerprint density at radius 2 is 2.13 bits per heavy atom. The molecule has 1 N–H and O–H groups in total. The molecule has 0 aromatic heterocycles. The van der Waals surface area contributed by atoms with Crippen molar-refractivity contribution in [2.75, 3.05) is 0 Å². The minimum atomic E-state index is -3.08.